The Labute approximate surface area is 159 Å². The second-order valence-corrected chi connectivity index (χ2v) is 6.31. The molecule has 0 fully saturated rings. The summed E-state index contributed by atoms with van der Waals surface area (Å²) < 4.78 is 10.6. The lowest BCUT2D eigenvalue weighted by Crippen LogP contribution is -2.27. The molecule has 1 aliphatic heterocycles. The third kappa shape index (κ3) is 3.74. The van der Waals surface area contributed by atoms with E-state index >= 15 is 0 Å². The molecule has 142 valence electrons. The maximum absolute atomic E-state index is 12.8. The molecule has 1 heterocycles. The van der Waals surface area contributed by atoms with Gasteiger partial charge in [0.05, 0.1) is 14.2 Å². The number of methoxy groups -OCH3 is 2. The van der Waals surface area contributed by atoms with Crippen molar-refractivity contribution in [1.82, 2.24) is 5.32 Å². The van der Waals surface area contributed by atoms with Gasteiger partial charge in [-0.25, -0.2) is 0 Å². The fraction of sp³-hybridized carbons (Fsp3) is 0.333. The first-order valence-electron chi connectivity index (χ1n) is 9.00. The highest BCUT2D eigenvalue weighted by Gasteiger charge is 2.27. The molecule has 6 heteroatoms. The summed E-state index contributed by atoms with van der Waals surface area (Å²) >= 11 is 0. The third-order valence-electron chi connectivity index (χ3n) is 4.81. The van der Waals surface area contributed by atoms with Gasteiger partial charge in [-0.05, 0) is 36.2 Å². The Hall–Kier alpha value is -3.02. The summed E-state index contributed by atoms with van der Waals surface area (Å²) in [5.74, 6) is 1.28. The van der Waals surface area contributed by atoms with Gasteiger partial charge in [0.2, 0.25) is 5.91 Å². The number of carbonyl (C=O) groups excluding carboxylic acids is 2. The lowest BCUT2D eigenvalue weighted by atomic mass is 10.0. The predicted molar refractivity (Wildman–Crippen MR) is 104 cm³/mol. The molecular weight excluding hydrogens is 344 g/mol. The zero-order valence-corrected chi connectivity index (χ0v) is 15.9. The standard InChI is InChI=1S/C21H24N2O4/c1-4-20(24)23-11-10-16-17(6-5-7-18(16)23)21(25)22-13-14-8-9-15(26-2)12-19(14)27-3/h5-9,12H,4,10-11,13H2,1-3H3,(H,22,25). The maximum atomic E-state index is 12.8. The van der Waals surface area contributed by atoms with Crippen LogP contribution in [0.2, 0.25) is 0 Å². The van der Waals surface area contributed by atoms with Crippen LogP contribution in [0.4, 0.5) is 5.69 Å². The van der Waals surface area contributed by atoms with Crippen molar-refractivity contribution in [1.29, 1.82) is 0 Å². The molecule has 0 bridgehead atoms. The third-order valence-corrected chi connectivity index (χ3v) is 4.81. The van der Waals surface area contributed by atoms with Crippen LogP contribution in [-0.2, 0) is 17.8 Å². The largest absolute Gasteiger partial charge is 0.497 e. The summed E-state index contributed by atoms with van der Waals surface area (Å²) in [6.45, 7) is 2.81. The summed E-state index contributed by atoms with van der Waals surface area (Å²) in [5.41, 5.74) is 3.25. The molecule has 3 rings (SSSR count). The molecule has 0 radical (unpaired) electrons. The van der Waals surface area contributed by atoms with Crippen molar-refractivity contribution in [2.45, 2.75) is 26.3 Å². The van der Waals surface area contributed by atoms with Gasteiger partial charge >= 0.3 is 0 Å². The summed E-state index contributed by atoms with van der Waals surface area (Å²) in [4.78, 5) is 26.6. The van der Waals surface area contributed by atoms with Crippen molar-refractivity contribution in [3.63, 3.8) is 0 Å². The molecule has 27 heavy (non-hydrogen) atoms. The highest BCUT2D eigenvalue weighted by Crippen LogP contribution is 2.31. The number of amides is 2. The van der Waals surface area contributed by atoms with Gasteiger partial charge in [0.1, 0.15) is 11.5 Å². The zero-order chi connectivity index (χ0) is 19.4. The van der Waals surface area contributed by atoms with Crippen LogP contribution in [0.25, 0.3) is 0 Å². The van der Waals surface area contributed by atoms with Gasteiger partial charge in [0.15, 0.2) is 0 Å². The van der Waals surface area contributed by atoms with Crippen LogP contribution in [0, 0.1) is 0 Å². The number of ether oxygens (including phenoxy) is 2. The van der Waals surface area contributed by atoms with Crippen molar-refractivity contribution < 1.29 is 19.1 Å². The van der Waals surface area contributed by atoms with E-state index in [0.717, 1.165) is 16.8 Å². The van der Waals surface area contributed by atoms with Crippen LogP contribution in [-0.4, -0.2) is 32.6 Å². The summed E-state index contributed by atoms with van der Waals surface area (Å²) in [5, 5.41) is 2.95. The molecule has 0 aliphatic carbocycles. The van der Waals surface area contributed by atoms with Crippen molar-refractivity contribution >= 4 is 17.5 Å². The first kappa shape index (κ1) is 18.8. The molecule has 0 saturated heterocycles. The van der Waals surface area contributed by atoms with Gasteiger partial charge in [-0.15, -0.1) is 0 Å². The van der Waals surface area contributed by atoms with E-state index in [9.17, 15) is 9.59 Å². The normalized spacial score (nSPS) is 12.5. The van der Waals surface area contributed by atoms with Crippen molar-refractivity contribution in [2.75, 3.05) is 25.7 Å². The fourth-order valence-electron chi connectivity index (χ4n) is 3.37. The molecule has 1 N–H and O–H groups in total. The van der Waals surface area contributed by atoms with Crippen LogP contribution < -0.4 is 19.7 Å². The monoisotopic (exact) mass is 368 g/mol. The average Bonchev–Trinajstić information content (AvgIpc) is 3.15. The van der Waals surface area contributed by atoms with E-state index in [1.54, 1.807) is 31.3 Å². The molecule has 1 aliphatic rings. The molecule has 2 aromatic rings. The van der Waals surface area contributed by atoms with E-state index in [4.69, 9.17) is 9.47 Å². The summed E-state index contributed by atoms with van der Waals surface area (Å²) in [6.07, 6.45) is 1.14. The Balaban J connectivity index is 1.77. The Bertz CT molecular complexity index is 863. The number of hydrogen-bond acceptors (Lipinski definition) is 4. The number of hydrogen-bond donors (Lipinski definition) is 1. The quantitative estimate of drug-likeness (QED) is 0.851. The number of nitrogens with one attached hydrogen (secondary N) is 1. The minimum absolute atomic E-state index is 0.0780. The molecule has 0 atom stereocenters. The van der Waals surface area contributed by atoms with Crippen molar-refractivity contribution in [2.24, 2.45) is 0 Å². The van der Waals surface area contributed by atoms with Crippen LogP contribution in [0.5, 0.6) is 11.5 Å². The van der Waals surface area contributed by atoms with Crippen LogP contribution >= 0.6 is 0 Å². The molecule has 0 aromatic heterocycles. The number of anilines is 1. The topological polar surface area (TPSA) is 67.9 Å². The number of carbonyl (C=O) groups is 2. The first-order chi connectivity index (χ1) is 13.1. The highest BCUT2D eigenvalue weighted by molar-refractivity contribution is 6.01. The minimum Gasteiger partial charge on any atom is -0.497 e. The van der Waals surface area contributed by atoms with E-state index < -0.39 is 0 Å². The zero-order valence-electron chi connectivity index (χ0n) is 15.9. The van der Waals surface area contributed by atoms with E-state index in [1.807, 2.05) is 31.2 Å². The van der Waals surface area contributed by atoms with E-state index in [0.29, 0.717) is 43.0 Å². The fourth-order valence-corrected chi connectivity index (χ4v) is 3.37. The molecule has 6 nitrogen and oxygen atoms in total. The smallest absolute Gasteiger partial charge is 0.251 e. The molecule has 0 spiro atoms. The van der Waals surface area contributed by atoms with Gasteiger partial charge < -0.3 is 19.7 Å². The van der Waals surface area contributed by atoms with E-state index in [-0.39, 0.29) is 11.8 Å². The molecule has 2 aromatic carbocycles. The number of nitrogens with zero attached hydrogens (tertiary/aromatic N) is 1. The number of benzene rings is 2. The van der Waals surface area contributed by atoms with Gasteiger partial charge in [0.25, 0.3) is 5.91 Å². The van der Waals surface area contributed by atoms with E-state index in [1.165, 1.54) is 0 Å². The van der Waals surface area contributed by atoms with Crippen molar-refractivity contribution in [3.05, 3.63) is 53.1 Å². The Morgan fingerprint density at radius 3 is 2.67 bits per heavy atom. The maximum Gasteiger partial charge on any atom is 0.251 e. The molecule has 0 unspecified atom stereocenters. The van der Waals surface area contributed by atoms with Crippen LogP contribution in [0.3, 0.4) is 0 Å². The minimum atomic E-state index is -0.157. The lowest BCUT2D eigenvalue weighted by molar-refractivity contribution is -0.118. The summed E-state index contributed by atoms with van der Waals surface area (Å²) in [6, 6.07) is 11.0. The number of rotatable bonds is 6. The second kappa shape index (κ2) is 8.12. The van der Waals surface area contributed by atoms with Gasteiger partial charge in [-0.3, -0.25) is 9.59 Å². The lowest BCUT2D eigenvalue weighted by Gasteiger charge is -2.17. The summed E-state index contributed by atoms with van der Waals surface area (Å²) in [7, 11) is 3.18. The predicted octanol–water partition coefficient (Wildman–Crippen LogP) is 2.93. The highest BCUT2D eigenvalue weighted by atomic mass is 16.5. The van der Waals surface area contributed by atoms with Gasteiger partial charge in [0, 0.05) is 42.4 Å². The van der Waals surface area contributed by atoms with Crippen LogP contribution in [0.1, 0.15) is 34.8 Å². The Kier molecular flexibility index (Phi) is 5.64. The second-order valence-electron chi connectivity index (χ2n) is 6.31. The SMILES string of the molecule is CCC(=O)N1CCc2c(C(=O)NCc3ccc(OC)cc3OC)cccc21. The molecule has 2 amide bonds. The van der Waals surface area contributed by atoms with Crippen molar-refractivity contribution in [3.8, 4) is 11.5 Å². The van der Waals surface area contributed by atoms with E-state index in [2.05, 4.69) is 5.32 Å². The average molecular weight is 368 g/mol. The Morgan fingerprint density at radius 2 is 1.96 bits per heavy atom. The van der Waals surface area contributed by atoms with Gasteiger partial charge in [-0.1, -0.05) is 13.0 Å². The molecular formula is C21H24N2O4. The van der Waals surface area contributed by atoms with Crippen LogP contribution in [0.15, 0.2) is 36.4 Å². The Morgan fingerprint density at radius 1 is 1.15 bits per heavy atom. The molecule has 0 saturated carbocycles. The first-order valence-corrected chi connectivity index (χ1v) is 9.00. The number of fused-ring (bicyclic) bond motifs is 1. The van der Waals surface area contributed by atoms with Gasteiger partial charge in [-0.2, -0.15) is 0 Å².